The Hall–Kier alpha value is -2.12. The molecule has 0 aromatic heterocycles. The summed E-state index contributed by atoms with van der Waals surface area (Å²) in [6.07, 6.45) is -0.891. The highest BCUT2D eigenvalue weighted by molar-refractivity contribution is 5.94. The second-order valence-corrected chi connectivity index (χ2v) is 6.69. The number of rotatable bonds is 1. The van der Waals surface area contributed by atoms with Crippen LogP contribution in [0.15, 0.2) is 12.1 Å². The molecule has 7 heteroatoms. The molecule has 2 N–H and O–H groups in total. The number of benzene rings is 1. The molecule has 2 saturated heterocycles. The number of fused-ring (bicyclic) bond motifs is 2. The third-order valence-corrected chi connectivity index (χ3v) is 5.48. The summed E-state index contributed by atoms with van der Waals surface area (Å²) in [6.45, 7) is 6.11. The summed E-state index contributed by atoms with van der Waals surface area (Å²) in [4.78, 5) is 27.5. The molecule has 128 valence electrons. The zero-order valence-electron chi connectivity index (χ0n) is 13.6. The van der Waals surface area contributed by atoms with E-state index in [-0.39, 0.29) is 24.7 Å². The van der Waals surface area contributed by atoms with Crippen molar-refractivity contribution in [3.8, 4) is 0 Å². The fraction of sp³-hybridized carbons (Fsp3) is 0.529. The fourth-order valence-corrected chi connectivity index (χ4v) is 4.10. The predicted molar refractivity (Wildman–Crippen MR) is 86.0 cm³/mol. The van der Waals surface area contributed by atoms with Gasteiger partial charge >= 0.3 is 12.1 Å². The zero-order chi connectivity index (χ0) is 16.8. The van der Waals surface area contributed by atoms with Gasteiger partial charge in [0.25, 0.3) is 0 Å². The van der Waals surface area contributed by atoms with E-state index >= 15 is 0 Å². The molecule has 0 saturated carbocycles. The number of carbonyl (C=O) groups excluding carboxylic acids is 1. The summed E-state index contributed by atoms with van der Waals surface area (Å²) >= 11 is 0. The van der Waals surface area contributed by atoms with Crippen LogP contribution in [-0.2, 0) is 11.3 Å². The molecular formula is C17H21N3O4. The van der Waals surface area contributed by atoms with Crippen molar-refractivity contribution in [3.63, 3.8) is 0 Å². The van der Waals surface area contributed by atoms with E-state index in [0.29, 0.717) is 18.7 Å². The molecule has 24 heavy (non-hydrogen) atoms. The standard InChI is InChI=1S/C17H21N3O4/c1-10-12(2-3-13-14(10)9-24-16(13)21)15-8-19-5-4-18-6-11(19)7-20(15)17(22)23/h2-3,11,15,18H,4-9H2,1H3,(H,22,23). The normalized spacial score (nSPS) is 26.7. The minimum atomic E-state index is -0.891. The first-order valence-electron chi connectivity index (χ1n) is 8.30. The maximum Gasteiger partial charge on any atom is 0.407 e. The van der Waals surface area contributed by atoms with Gasteiger partial charge in [0.05, 0.1) is 11.6 Å². The largest absolute Gasteiger partial charge is 0.465 e. The average Bonchev–Trinajstić information content (AvgIpc) is 2.96. The summed E-state index contributed by atoms with van der Waals surface area (Å²) in [5.74, 6) is -0.291. The van der Waals surface area contributed by atoms with Crippen molar-refractivity contribution in [1.29, 1.82) is 0 Å². The van der Waals surface area contributed by atoms with Crippen LogP contribution < -0.4 is 5.32 Å². The molecule has 2 unspecified atom stereocenters. The number of ether oxygens (including phenoxy) is 1. The first-order chi connectivity index (χ1) is 11.6. The highest BCUT2D eigenvalue weighted by Gasteiger charge is 2.39. The quantitative estimate of drug-likeness (QED) is 0.747. The van der Waals surface area contributed by atoms with Crippen molar-refractivity contribution in [1.82, 2.24) is 15.1 Å². The molecule has 4 rings (SSSR count). The van der Waals surface area contributed by atoms with E-state index in [1.165, 1.54) is 0 Å². The Morgan fingerprint density at radius 1 is 1.38 bits per heavy atom. The van der Waals surface area contributed by atoms with E-state index in [4.69, 9.17) is 4.74 Å². The Bertz CT molecular complexity index is 705. The lowest BCUT2D eigenvalue weighted by Gasteiger charge is -2.48. The van der Waals surface area contributed by atoms with Crippen molar-refractivity contribution >= 4 is 12.1 Å². The summed E-state index contributed by atoms with van der Waals surface area (Å²) < 4.78 is 5.12. The van der Waals surface area contributed by atoms with Gasteiger partial charge < -0.3 is 15.2 Å². The number of cyclic esters (lactones) is 1. The van der Waals surface area contributed by atoms with E-state index in [1.807, 2.05) is 13.0 Å². The first-order valence-corrected chi connectivity index (χ1v) is 8.30. The molecule has 1 aromatic carbocycles. The predicted octanol–water partition coefficient (Wildman–Crippen LogP) is 0.974. The molecule has 0 aliphatic carbocycles. The van der Waals surface area contributed by atoms with Gasteiger partial charge in [0.15, 0.2) is 0 Å². The monoisotopic (exact) mass is 331 g/mol. The number of hydrogen-bond acceptors (Lipinski definition) is 5. The minimum Gasteiger partial charge on any atom is -0.465 e. The molecule has 7 nitrogen and oxygen atoms in total. The van der Waals surface area contributed by atoms with Gasteiger partial charge in [-0.1, -0.05) is 6.07 Å². The molecule has 2 atom stereocenters. The molecular weight excluding hydrogens is 310 g/mol. The SMILES string of the molecule is Cc1c(C2CN3CCNCC3CN2C(=O)O)ccc2c1COC2=O. The summed E-state index contributed by atoms with van der Waals surface area (Å²) in [5, 5.41) is 13.0. The van der Waals surface area contributed by atoms with E-state index < -0.39 is 6.09 Å². The lowest BCUT2D eigenvalue weighted by molar-refractivity contribution is 0.0201. The number of carbonyl (C=O) groups is 2. The van der Waals surface area contributed by atoms with Gasteiger partial charge in [0.1, 0.15) is 6.61 Å². The van der Waals surface area contributed by atoms with Crippen LogP contribution in [0.2, 0.25) is 0 Å². The topological polar surface area (TPSA) is 82.1 Å². The average molecular weight is 331 g/mol. The van der Waals surface area contributed by atoms with Crippen LogP contribution in [0.5, 0.6) is 0 Å². The van der Waals surface area contributed by atoms with Gasteiger partial charge in [-0.15, -0.1) is 0 Å². The molecule has 1 amide bonds. The van der Waals surface area contributed by atoms with Crippen LogP contribution in [0.1, 0.15) is 33.1 Å². The van der Waals surface area contributed by atoms with Gasteiger partial charge in [-0.25, -0.2) is 9.59 Å². The Morgan fingerprint density at radius 3 is 3.00 bits per heavy atom. The van der Waals surface area contributed by atoms with Gasteiger partial charge in [-0.05, 0) is 24.1 Å². The van der Waals surface area contributed by atoms with Crippen molar-refractivity contribution < 1.29 is 19.4 Å². The third kappa shape index (κ3) is 2.35. The lowest BCUT2D eigenvalue weighted by atomic mass is 9.91. The molecule has 3 aliphatic heterocycles. The van der Waals surface area contributed by atoms with Crippen LogP contribution in [0.25, 0.3) is 0 Å². The van der Waals surface area contributed by atoms with Crippen LogP contribution in [0, 0.1) is 6.92 Å². The van der Waals surface area contributed by atoms with E-state index in [1.54, 1.807) is 11.0 Å². The van der Waals surface area contributed by atoms with Crippen molar-refractivity contribution in [2.75, 3.05) is 32.7 Å². The van der Waals surface area contributed by atoms with E-state index in [0.717, 1.165) is 36.3 Å². The number of esters is 1. The zero-order valence-corrected chi connectivity index (χ0v) is 13.6. The van der Waals surface area contributed by atoms with E-state index in [2.05, 4.69) is 10.2 Å². The number of carboxylic acid groups (broad SMARTS) is 1. The lowest BCUT2D eigenvalue weighted by Crippen LogP contribution is -2.62. The van der Waals surface area contributed by atoms with Crippen molar-refractivity contribution in [2.45, 2.75) is 25.6 Å². The van der Waals surface area contributed by atoms with Gasteiger partial charge in [0.2, 0.25) is 0 Å². The summed E-state index contributed by atoms with van der Waals surface area (Å²) in [5.41, 5.74) is 3.45. The maximum absolute atomic E-state index is 11.8. The minimum absolute atomic E-state index is 0.210. The van der Waals surface area contributed by atoms with Crippen molar-refractivity contribution in [2.24, 2.45) is 0 Å². The number of nitrogens with zero attached hydrogens (tertiary/aromatic N) is 2. The van der Waals surface area contributed by atoms with Gasteiger partial charge in [-0.3, -0.25) is 9.80 Å². The molecule has 3 heterocycles. The van der Waals surface area contributed by atoms with Crippen LogP contribution in [0.4, 0.5) is 4.79 Å². The molecule has 0 spiro atoms. The second kappa shape index (κ2) is 5.75. The first kappa shape index (κ1) is 15.4. The van der Waals surface area contributed by atoms with Gasteiger partial charge in [-0.2, -0.15) is 0 Å². The second-order valence-electron chi connectivity index (χ2n) is 6.69. The number of hydrogen-bond donors (Lipinski definition) is 2. The maximum atomic E-state index is 11.8. The molecule has 3 aliphatic rings. The Labute approximate surface area is 140 Å². The van der Waals surface area contributed by atoms with E-state index in [9.17, 15) is 14.7 Å². The molecule has 0 bridgehead atoms. The van der Waals surface area contributed by atoms with Gasteiger partial charge in [0, 0.05) is 44.3 Å². The highest BCUT2D eigenvalue weighted by Crippen LogP contribution is 2.34. The fourth-order valence-electron chi connectivity index (χ4n) is 4.10. The highest BCUT2D eigenvalue weighted by atomic mass is 16.5. The Kier molecular flexibility index (Phi) is 3.69. The smallest absolute Gasteiger partial charge is 0.407 e. The molecule has 0 radical (unpaired) electrons. The number of amides is 1. The van der Waals surface area contributed by atoms with Crippen LogP contribution in [0.3, 0.4) is 0 Å². The van der Waals surface area contributed by atoms with Crippen LogP contribution in [-0.4, -0.2) is 65.7 Å². The van der Waals surface area contributed by atoms with Crippen LogP contribution >= 0.6 is 0 Å². The third-order valence-electron chi connectivity index (χ3n) is 5.48. The summed E-state index contributed by atoms with van der Waals surface area (Å²) in [6, 6.07) is 3.68. The summed E-state index contributed by atoms with van der Waals surface area (Å²) in [7, 11) is 0. The van der Waals surface area contributed by atoms with Crippen molar-refractivity contribution in [3.05, 3.63) is 34.4 Å². The number of piperazine rings is 2. The molecule has 2 fully saturated rings. The Morgan fingerprint density at radius 2 is 2.21 bits per heavy atom. The number of nitrogens with one attached hydrogen (secondary N) is 1. The molecule has 1 aromatic rings. The Balaban J connectivity index is 1.71.